The Morgan fingerprint density at radius 2 is 2.08 bits per heavy atom. The Bertz CT molecular complexity index is 895. The Labute approximate surface area is 148 Å². The van der Waals surface area contributed by atoms with Gasteiger partial charge in [0.1, 0.15) is 5.82 Å². The maximum Gasteiger partial charge on any atom is 0.251 e. The molecule has 0 spiro atoms. The van der Waals surface area contributed by atoms with Gasteiger partial charge in [0.15, 0.2) is 0 Å². The van der Waals surface area contributed by atoms with Crippen LogP contribution in [0.15, 0.2) is 61.2 Å². The van der Waals surface area contributed by atoms with Gasteiger partial charge in [-0.05, 0) is 37.6 Å². The summed E-state index contributed by atoms with van der Waals surface area (Å²) < 4.78 is 2.19. The molecule has 1 amide bonds. The van der Waals surface area contributed by atoms with E-state index in [4.69, 9.17) is 4.98 Å². The summed E-state index contributed by atoms with van der Waals surface area (Å²) in [6.45, 7) is 7.20. The third-order valence-corrected chi connectivity index (χ3v) is 4.19. The van der Waals surface area contributed by atoms with Crippen molar-refractivity contribution in [2.45, 2.75) is 26.3 Å². The molecule has 0 unspecified atom stereocenters. The van der Waals surface area contributed by atoms with E-state index in [1.807, 2.05) is 55.5 Å². The number of aryl methyl sites for hydroxylation is 2. The molecule has 0 aliphatic heterocycles. The molecule has 0 saturated heterocycles. The van der Waals surface area contributed by atoms with Gasteiger partial charge in [0.2, 0.25) is 0 Å². The van der Waals surface area contributed by atoms with Crippen LogP contribution in [0, 0.1) is 6.92 Å². The SMILES string of the molecule is C=CCn1c(CCCNC(=O)c2cccc(C)c2)nc2ccccc21. The number of fused-ring (bicyclic) bond motifs is 1. The van der Waals surface area contributed by atoms with Crippen molar-refractivity contribution in [2.24, 2.45) is 0 Å². The summed E-state index contributed by atoms with van der Waals surface area (Å²) in [6.07, 6.45) is 3.55. The molecule has 1 aromatic heterocycles. The van der Waals surface area contributed by atoms with Gasteiger partial charge >= 0.3 is 0 Å². The van der Waals surface area contributed by atoms with Crippen LogP contribution in [0.4, 0.5) is 0 Å². The lowest BCUT2D eigenvalue weighted by Crippen LogP contribution is -2.25. The fraction of sp³-hybridized carbons (Fsp3) is 0.238. The Hall–Kier alpha value is -2.88. The Morgan fingerprint density at radius 3 is 2.88 bits per heavy atom. The molecule has 0 atom stereocenters. The van der Waals surface area contributed by atoms with E-state index in [1.54, 1.807) is 0 Å². The number of rotatable bonds is 7. The lowest BCUT2D eigenvalue weighted by atomic mass is 10.1. The van der Waals surface area contributed by atoms with E-state index < -0.39 is 0 Å². The summed E-state index contributed by atoms with van der Waals surface area (Å²) in [5.74, 6) is 1.01. The van der Waals surface area contributed by atoms with Crippen LogP contribution in [0.25, 0.3) is 11.0 Å². The number of amides is 1. The lowest BCUT2D eigenvalue weighted by Gasteiger charge is -2.08. The third kappa shape index (κ3) is 3.97. The Balaban J connectivity index is 1.60. The summed E-state index contributed by atoms with van der Waals surface area (Å²) in [6, 6.07) is 15.8. The van der Waals surface area contributed by atoms with E-state index in [1.165, 1.54) is 0 Å². The van der Waals surface area contributed by atoms with Crippen molar-refractivity contribution in [2.75, 3.05) is 6.54 Å². The minimum Gasteiger partial charge on any atom is -0.352 e. The first-order chi connectivity index (χ1) is 12.2. The quantitative estimate of drug-likeness (QED) is 0.527. The molecule has 0 fully saturated rings. The molecule has 0 radical (unpaired) electrons. The molecule has 0 aliphatic carbocycles. The Kier molecular flexibility index (Phi) is 5.29. The number of para-hydroxylation sites is 2. The molecule has 3 aromatic rings. The van der Waals surface area contributed by atoms with Crippen molar-refractivity contribution in [3.8, 4) is 0 Å². The van der Waals surface area contributed by atoms with Crippen LogP contribution in [0.2, 0.25) is 0 Å². The molecule has 25 heavy (non-hydrogen) atoms. The Morgan fingerprint density at radius 1 is 1.24 bits per heavy atom. The number of carbonyl (C=O) groups is 1. The summed E-state index contributed by atoms with van der Waals surface area (Å²) in [5, 5.41) is 2.99. The van der Waals surface area contributed by atoms with Gasteiger partial charge in [0.05, 0.1) is 11.0 Å². The maximum atomic E-state index is 12.2. The van der Waals surface area contributed by atoms with Crippen LogP contribution < -0.4 is 5.32 Å². The van der Waals surface area contributed by atoms with Crippen LogP contribution in [-0.4, -0.2) is 22.0 Å². The summed E-state index contributed by atoms with van der Waals surface area (Å²) >= 11 is 0. The van der Waals surface area contributed by atoms with Gasteiger partial charge in [-0.15, -0.1) is 6.58 Å². The van der Waals surface area contributed by atoms with Crippen LogP contribution in [0.5, 0.6) is 0 Å². The topological polar surface area (TPSA) is 46.9 Å². The number of hydrogen-bond acceptors (Lipinski definition) is 2. The zero-order valence-corrected chi connectivity index (χ0v) is 14.5. The average molecular weight is 333 g/mol. The van der Waals surface area contributed by atoms with Crippen molar-refractivity contribution in [3.05, 3.63) is 78.1 Å². The highest BCUT2D eigenvalue weighted by Crippen LogP contribution is 2.17. The summed E-state index contributed by atoms with van der Waals surface area (Å²) in [4.78, 5) is 16.9. The molecule has 2 aromatic carbocycles. The van der Waals surface area contributed by atoms with Crippen molar-refractivity contribution in [3.63, 3.8) is 0 Å². The molecule has 128 valence electrons. The minimum atomic E-state index is -0.0247. The standard InChI is InChI=1S/C21H23N3O/c1-3-14-24-19-11-5-4-10-18(19)23-20(24)12-7-13-22-21(25)17-9-6-8-16(2)15-17/h3-6,8-11,15H,1,7,12-14H2,2H3,(H,22,25). The van der Waals surface area contributed by atoms with E-state index in [2.05, 4.69) is 22.5 Å². The molecular formula is C21H23N3O. The highest BCUT2D eigenvalue weighted by Gasteiger charge is 2.09. The zero-order valence-electron chi connectivity index (χ0n) is 14.5. The number of hydrogen-bond donors (Lipinski definition) is 1. The monoisotopic (exact) mass is 333 g/mol. The first-order valence-electron chi connectivity index (χ1n) is 8.59. The van der Waals surface area contributed by atoms with Gasteiger partial charge in [0.25, 0.3) is 5.91 Å². The maximum absolute atomic E-state index is 12.2. The zero-order chi connectivity index (χ0) is 17.6. The van der Waals surface area contributed by atoms with Gasteiger partial charge in [0, 0.05) is 25.1 Å². The second-order valence-electron chi connectivity index (χ2n) is 6.14. The first-order valence-corrected chi connectivity index (χ1v) is 8.59. The summed E-state index contributed by atoms with van der Waals surface area (Å²) in [5.41, 5.74) is 3.93. The molecule has 3 rings (SSSR count). The third-order valence-electron chi connectivity index (χ3n) is 4.19. The molecule has 0 aliphatic rings. The van der Waals surface area contributed by atoms with Gasteiger partial charge in [-0.1, -0.05) is 35.9 Å². The normalized spacial score (nSPS) is 10.8. The highest BCUT2D eigenvalue weighted by molar-refractivity contribution is 5.94. The van der Waals surface area contributed by atoms with Crippen molar-refractivity contribution in [1.82, 2.24) is 14.9 Å². The number of imidazole rings is 1. The van der Waals surface area contributed by atoms with Crippen molar-refractivity contribution >= 4 is 16.9 Å². The number of nitrogens with zero attached hydrogens (tertiary/aromatic N) is 2. The van der Waals surface area contributed by atoms with Gasteiger partial charge in [-0.25, -0.2) is 4.98 Å². The fourth-order valence-electron chi connectivity index (χ4n) is 2.99. The van der Waals surface area contributed by atoms with Crippen molar-refractivity contribution < 1.29 is 4.79 Å². The molecule has 0 bridgehead atoms. The molecule has 1 N–H and O–H groups in total. The lowest BCUT2D eigenvalue weighted by molar-refractivity contribution is 0.0953. The van der Waals surface area contributed by atoms with Gasteiger partial charge < -0.3 is 9.88 Å². The second-order valence-corrected chi connectivity index (χ2v) is 6.14. The fourth-order valence-corrected chi connectivity index (χ4v) is 2.99. The number of allylic oxidation sites excluding steroid dienone is 1. The second kappa shape index (κ2) is 7.79. The van der Waals surface area contributed by atoms with Crippen molar-refractivity contribution in [1.29, 1.82) is 0 Å². The number of carbonyl (C=O) groups excluding carboxylic acids is 1. The van der Waals surface area contributed by atoms with E-state index in [0.717, 1.165) is 41.8 Å². The predicted molar refractivity (Wildman–Crippen MR) is 102 cm³/mol. The average Bonchev–Trinajstić information content (AvgIpc) is 2.97. The van der Waals surface area contributed by atoms with Gasteiger partial charge in [-0.3, -0.25) is 4.79 Å². The number of benzene rings is 2. The molecule has 1 heterocycles. The van der Waals surface area contributed by atoms with Gasteiger partial charge in [-0.2, -0.15) is 0 Å². The first kappa shape index (κ1) is 17.0. The summed E-state index contributed by atoms with van der Waals surface area (Å²) in [7, 11) is 0. The van der Waals surface area contributed by atoms with Crippen LogP contribution in [0.1, 0.15) is 28.2 Å². The van der Waals surface area contributed by atoms with E-state index >= 15 is 0 Å². The smallest absolute Gasteiger partial charge is 0.251 e. The minimum absolute atomic E-state index is 0.0247. The molecular weight excluding hydrogens is 310 g/mol. The number of nitrogens with one attached hydrogen (secondary N) is 1. The van der Waals surface area contributed by atoms with E-state index in [-0.39, 0.29) is 5.91 Å². The number of aromatic nitrogens is 2. The van der Waals surface area contributed by atoms with E-state index in [9.17, 15) is 4.79 Å². The van der Waals surface area contributed by atoms with Crippen LogP contribution in [-0.2, 0) is 13.0 Å². The highest BCUT2D eigenvalue weighted by atomic mass is 16.1. The van der Waals surface area contributed by atoms with Crippen LogP contribution in [0.3, 0.4) is 0 Å². The molecule has 0 saturated carbocycles. The molecule has 4 nitrogen and oxygen atoms in total. The predicted octanol–water partition coefficient (Wildman–Crippen LogP) is 3.89. The van der Waals surface area contributed by atoms with Crippen LogP contribution >= 0.6 is 0 Å². The largest absolute Gasteiger partial charge is 0.352 e. The molecule has 4 heteroatoms. The van der Waals surface area contributed by atoms with E-state index in [0.29, 0.717) is 12.1 Å².